The summed E-state index contributed by atoms with van der Waals surface area (Å²) in [5.74, 6) is -5.16. The Balaban J connectivity index is 0.00000143. The highest BCUT2D eigenvalue weighted by Crippen LogP contribution is 2.44. The maximum atomic E-state index is 15.8. The maximum absolute atomic E-state index is 15.8. The van der Waals surface area contributed by atoms with Gasteiger partial charge in [0.1, 0.15) is 25.0 Å². The van der Waals surface area contributed by atoms with Gasteiger partial charge < -0.3 is 25.8 Å². The number of hydrogen-bond acceptors (Lipinski definition) is 8. The number of alkyl halides is 2. The highest BCUT2D eigenvalue weighted by atomic mass is 32.1. The minimum absolute atomic E-state index is 0.0735. The fraction of sp³-hybridized carbons (Fsp3) is 0.553. The van der Waals surface area contributed by atoms with Crippen LogP contribution < -0.4 is 37.3 Å². The number of piperidine rings is 1. The van der Waals surface area contributed by atoms with Crippen molar-refractivity contribution >= 4 is 51.2 Å². The van der Waals surface area contributed by atoms with E-state index in [1.807, 2.05) is 36.3 Å². The minimum Gasteiger partial charge on any atom is -0.385 e. The fourth-order valence-corrected chi connectivity index (χ4v) is 7.71. The van der Waals surface area contributed by atoms with Gasteiger partial charge in [-0.05, 0) is 51.8 Å². The summed E-state index contributed by atoms with van der Waals surface area (Å²) in [4.78, 5) is 3.41. The highest BCUT2D eigenvalue weighted by Gasteiger charge is 2.46. The Morgan fingerprint density at radius 2 is 1.57 bits per heavy atom. The van der Waals surface area contributed by atoms with E-state index in [1.165, 1.54) is 18.2 Å². The fourth-order valence-electron chi connectivity index (χ4n) is 6.98. The number of nitrogens with two attached hydrogens (primary N) is 1. The van der Waals surface area contributed by atoms with Crippen LogP contribution in [-0.2, 0) is 17.3 Å². The van der Waals surface area contributed by atoms with Crippen molar-refractivity contribution < 1.29 is 13.2 Å². The van der Waals surface area contributed by atoms with Crippen LogP contribution in [0.1, 0.15) is 76.8 Å². The molecule has 13 heteroatoms. The van der Waals surface area contributed by atoms with E-state index in [2.05, 4.69) is 48.4 Å². The minimum atomic E-state index is -3.35. The van der Waals surface area contributed by atoms with Gasteiger partial charge in [0.25, 0.3) is 5.92 Å². The predicted molar refractivity (Wildman–Crippen MR) is 216 cm³/mol. The van der Waals surface area contributed by atoms with Crippen LogP contribution in [0.5, 0.6) is 0 Å². The first-order chi connectivity index (χ1) is 24.2. The van der Waals surface area contributed by atoms with Crippen LogP contribution in [0.4, 0.5) is 18.9 Å². The lowest BCUT2D eigenvalue weighted by atomic mass is 9.81. The third kappa shape index (κ3) is 10.5. The normalized spacial score (nSPS) is 27.7. The Bertz CT molecular complexity index is 1580. The number of piperazine rings is 1. The molecule has 2 atom stereocenters. The molecule has 1 aromatic carbocycles. The molecule has 6 bridgehead atoms. The van der Waals surface area contributed by atoms with Crippen LogP contribution in [0.3, 0.4) is 0 Å². The quantitative estimate of drug-likeness (QED) is 0.132. The number of anilines is 1. The Kier molecular flexibility index (Phi) is 17.4. The molecule has 2 unspecified atom stereocenters. The third-order valence-electron chi connectivity index (χ3n) is 9.71. The molecule has 4 aliphatic heterocycles. The molecule has 2 saturated heterocycles. The van der Waals surface area contributed by atoms with Crippen molar-refractivity contribution in [2.45, 2.75) is 87.8 Å². The predicted octanol–water partition coefficient (Wildman–Crippen LogP) is 5.49. The molecule has 4 aliphatic rings. The number of thiol groups is 2. The van der Waals surface area contributed by atoms with Crippen molar-refractivity contribution in [3.63, 3.8) is 0 Å². The average molecular weight is 746 g/mol. The van der Waals surface area contributed by atoms with Gasteiger partial charge in [-0.2, -0.15) is 25.3 Å². The SMILES string of the molecule is C=C.C=C.CC.[B]C1(S)CCCCCC(C)(S)n2c(=C)c(N3CCNCC3)c/c(c2=N)=C(/N)NCc2cccc(c2F)C(F)(F)C2CCN1CC2. The van der Waals surface area contributed by atoms with Gasteiger partial charge in [0.15, 0.2) is 0 Å². The molecule has 282 valence electrons. The van der Waals surface area contributed by atoms with E-state index in [-0.39, 0.29) is 36.3 Å². The standard InChI is InChI=1S/C32H45BF3N7S2.C2H6.2C2H4/c1-21-26(41-17-13-39-14-18-41)19-24-28(37)40-20-22-7-6-8-25(27(22)34)32(35,36)23-9-15-42(16-10-23)31(33,45)12-5-3-4-11-30(2,44)43(21)29(24)38;3*1-2/h6-8,19,23,38-40,44-45H,1,3-5,9-18,20,37H2,2H3;1-2H3;2*1-2H2/b28-24+,38-29?;;;. The molecule has 2 radical (unpaired) electrons. The maximum Gasteiger partial charge on any atom is 0.278 e. The lowest BCUT2D eigenvalue weighted by Gasteiger charge is -2.44. The number of rotatable bonds is 1. The molecule has 5 N–H and O–H groups in total. The lowest BCUT2D eigenvalue weighted by molar-refractivity contribution is -0.0900. The lowest BCUT2D eigenvalue weighted by Crippen LogP contribution is -2.55. The molecule has 0 saturated carbocycles. The number of fused-ring (bicyclic) bond motifs is 10. The molecular formula is C38H59BF3N7S2. The molecule has 0 amide bonds. The number of benzene rings is 1. The largest absolute Gasteiger partial charge is 0.385 e. The zero-order valence-corrected chi connectivity index (χ0v) is 32.6. The van der Waals surface area contributed by atoms with Crippen LogP contribution in [0.2, 0.25) is 0 Å². The molecule has 5 heterocycles. The van der Waals surface area contributed by atoms with Gasteiger partial charge in [-0.15, -0.1) is 26.3 Å². The number of nitrogens with one attached hydrogen (secondary N) is 3. The number of hydrogen-bond donors (Lipinski definition) is 6. The van der Waals surface area contributed by atoms with Gasteiger partial charge in [-0.25, -0.2) is 13.2 Å². The van der Waals surface area contributed by atoms with Gasteiger partial charge >= 0.3 is 0 Å². The molecule has 0 spiro atoms. The molecule has 7 nitrogen and oxygen atoms in total. The van der Waals surface area contributed by atoms with Crippen LogP contribution in [-0.4, -0.2) is 61.4 Å². The Labute approximate surface area is 316 Å². The van der Waals surface area contributed by atoms with Crippen molar-refractivity contribution in [3.05, 3.63) is 83.6 Å². The second-order valence-corrected chi connectivity index (χ2v) is 14.6. The van der Waals surface area contributed by atoms with Crippen LogP contribution in [0.15, 0.2) is 50.6 Å². The molecule has 51 heavy (non-hydrogen) atoms. The van der Waals surface area contributed by atoms with Crippen LogP contribution in [0.25, 0.3) is 12.4 Å². The van der Waals surface area contributed by atoms with E-state index in [9.17, 15) is 5.41 Å². The number of pyridine rings is 1. The summed E-state index contributed by atoms with van der Waals surface area (Å²) >= 11 is 9.82. The molecule has 6 rings (SSSR count). The topological polar surface area (TPSA) is 85.3 Å². The zero-order valence-electron chi connectivity index (χ0n) is 30.8. The van der Waals surface area contributed by atoms with Gasteiger partial charge in [-0.1, -0.05) is 57.9 Å². The van der Waals surface area contributed by atoms with E-state index in [0.717, 1.165) is 51.1 Å². The Morgan fingerprint density at radius 3 is 2.18 bits per heavy atom. The second-order valence-electron chi connectivity index (χ2n) is 12.9. The van der Waals surface area contributed by atoms with Gasteiger partial charge in [0.05, 0.1) is 26.7 Å². The Morgan fingerprint density at radius 1 is 0.980 bits per heavy atom. The zero-order chi connectivity index (χ0) is 38.6. The van der Waals surface area contributed by atoms with E-state index in [1.54, 1.807) is 0 Å². The van der Waals surface area contributed by atoms with Crippen molar-refractivity contribution in [2.24, 2.45) is 11.7 Å². The Hall–Kier alpha value is -2.74. The first-order valence-electron chi connectivity index (χ1n) is 17.9. The van der Waals surface area contributed by atoms with Gasteiger partial charge in [-0.3, -0.25) is 10.3 Å². The van der Waals surface area contributed by atoms with Crippen LogP contribution >= 0.6 is 25.3 Å². The molecular weight excluding hydrogens is 686 g/mol. The van der Waals surface area contributed by atoms with Crippen molar-refractivity contribution in [1.82, 2.24) is 20.1 Å². The van der Waals surface area contributed by atoms with Crippen molar-refractivity contribution in [3.8, 4) is 0 Å². The third-order valence-corrected chi connectivity index (χ3v) is 10.6. The monoisotopic (exact) mass is 745 g/mol. The van der Waals surface area contributed by atoms with E-state index >= 15 is 13.2 Å². The van der Waals surface area contributed by atoms with Gasteiger partial charge in [0.2, 0.25) is 0 Å². The number of nitrogens with zero attached hydrogens (tertiary/aromatic N) is 3. The van der Waals surface area contributed by atoms with Gasteiger partial charge in [0, 0.05) is 49.0 Å². The smallest absolute Gasteiger partial charge is 0.278 e. The summed E-state index contributed by atoms with van der Waals surface area (Å²) in [7, 11) is 6.60. The van der Waals surface area contributed by atoms with E-state index in [0.29, 0.717) is 36.5 Å². The molecule has 1 aromatic heterocycles. The summed E-state index contributed by atoms with van der Waals surface area (Å²) < 4.78 is 48.4. The second kappa shape index (κ2) is 19.9. The van der Waals surface area contributed by atoms with E-state index in [4.69, 9.17) is 38.8 Å². The summed E-state index contributed by atoms with van der Waals surface area (Å²) in [6, 6.07) is 5.95. The summed E-state index contributed by atoms with van der Waals surface area (Å²) in [6.07, 6.45) is 4.11. The summed E-state index contributed by atoms with van der Waals surface area (Å²) in [5, 5.41) is 16.7. The van der Waals surface area contributed by atoms with Crippen LogP contribution in [0, 0.1) is 17.1 Å². The number of aromatic nitrogens is 1. The molecule has 2 fully saturated rings. The first-order valence-corrected chi connectivity index (χ1v) is 18.8. The van der Waals surface area contributed by atoms with E-state index < -0.39 is 32.9 Å². The van der Waals surface area contributed by atoms with Crippen molar-refractivity contribution in [1.29, 1.82) is 5.41 Å². The molecule has 2 aromatic rings. The highest BCUT2D eigenvalue weighted by molar-refractivity contribution is 7.83. The first kappa shape index (κ1) is 44.4. The summed E-state index contributed by atoms with van der Waals surface area (Å²) in [5.41, 5.74) is 6.99. The summed E-state index contributed by atoms with van der Waals surface area (Å²) in [6.45, 7) is 26.1. The van der Waals surface area contributed by atoms with Crippen molar-refractivity contribution in [2.75, 3.05) is 44.2 Å². The average Bonchev–Trinajstić information content (AvgIpc) is 3.13. The molecule has 0 aliphatic carbocycles. The number of halogens is 3.